The fourth-order valence-corrected chi connectivity index (χ4v) is 1.45. The van der Waals surface area contributed by atoms with Gasteiger partial charge >= 0.3 is 6.09 Å². The van der Waals surface area contributed by atoms with Gasteiger partial charge in [-0.15, -0.1) is 4.36 Å². The van der Waals surface area contributed by atoms with Crippen molar-refractivity contribution in [1.29, 1.82) is 0 Å². The van der Waals surface area contributed by atoms with E-state index in [4.69, 9.17) is 9.88 Å². The third-order valence-corrected chi connectivity index (χ3v) is 2.31. The summed E-state index contributed by atoms with van der Waals surface area (Å²) in [6.45, 7) is 1.71. The van der Waals surface area contributed by atoms with Gasteiger partial charge in [-0.2, -0.15) is 0 Å². The van der Waals surface area contributed by atoms with Crippen LogP contribution < -0.4 is 5.14 Å². The van der Waals surface area contributed by atoms with Gasteiger partial charge in [0.05, 0.1) is 0 Å². The molecule has 0 aromatic heterocycles. The summed E-state index contributed by atoms with van der Waals surface area (Å²) in [5, 5.41) is 5.11. The van der Waals surface area contributed by atoms with E-state index in [1.54, 1.807) is 6.92 Å². The zero-order chi connectivity index (χ0) is 12.2. The molecule has 0 unspecified atom stereocenters. The van der Waals surface area contributed by atoms with Crippen molar-refractivity contribution in [2.24, 2.45) is 9.50 Å². The third kappa shape index (κ3) is 4.41. The topological polar surface area (TPSA) is 81.8 Å². The highest BCUT2D eigenvalue weighted by molar-refractivity contribution is 7.90. The van der Waals surface area contributed by atoms with Crippen LogP contribution in [-0.2, 0) is 14.7 Å². The summed E-state index contributed by atoms with van der Waals surface area (Å²) in [7, 11) is -2.95. The minimum Gasteiger partial charge on any atom is -0.440 e. The highest BCUT2D eigenvalue weighted by Crippen LogP contribution is 2.16. The number of ether oxygens (including phenoxy) is 1. The lowest BCUT2D eigenvalue weighted by Gasteiger charge is -2.11. The Bertz CT molecular complexity index is 470. The van der Waals surface area contributed by atoms with Crippen LogP contribution in [0.15, 0.2) is 34.7 Å². The summed E-state index contributed by atoms with van der Waals surface area (Å²) in [5.41, 5.74) is 0.839. The number of nitrogens with two attached hydrogens (primary N) is 1. The molecule has 1 aromatic rings. The molecule has 1 rings (SSSR count). The monoisotopic (exact) mass is 242 g/mol. The molecule has 0 aliphatic rings. The summed E-state index contributed by atoms with van der Waals surface area (Å²) in [6.07, 6.45) is -0.188. The van der Waals surface area contributed by atoms with Crippen molar-refractivity contribution in [3.63, 3.8) is 0 Å². The average Bonchev–Trinajstić information content (AvgIpc) is 2.16. The van der Waals surface area contributed by atoms with Crippen LogP contribution in [0.1, 0.15) is 18.6 Å². The molecule has 6 heteroatoms. The van der Waals surface area contributed by atoms with Gasteiger partial charge in [0.25, 0.3) is 0 Å². The van der Waals surface area contributed by atoms with Gasteiger partial charge in [0, 0.05) is 6.26 Å². The summed E-state index contributed by atoms with van der Waals surface area (Å²) in [5.74, 6) is 0. The highest BCUT2D eigenvalue weighted by Gasteiger charge is 2.11. The van der Waals surface area contributed by atoms with E-state index >= 15 is 0 Å². The smallest absolute Gasteiger partial charge is 0.440 e. The number of amides is 1. The molecule has 0 saturated heterocycles. The molecule has 0 bridgehead atoms. The normalized spacial score (nSPS) is 15.9. The van der Waals surface area contributed by atoms with Crippen molar-refractivity contribution < 1.29 is 13.7 Å². The molecule has 0 radical (unpaired) electrons. The molecule has 0 aliphatic carbocycles. The standard InChI is InChI=1S/C10H14N2O3S/c1-8(9-6-4-3-5-7-9)15-10(13)12-16(2,11)14/h3-8H,1-2H3,(H2,11,12,13,14)/t8-,16-/m1/s1. The predicted octanol–water partition coefficient (Wildman–Crippen LogP) is 1.86. The highest BCUT2D eigenvalue weighted by atomic mass is 32.2. The first-order chi connectivity index (χ1) is 7.38. The van der Waals surface area contributed by atoms with E-state index in [2.05, 4.69) is 4.36 Å². The quantitative estimate of drug-likeness (QED) is 0.859. The summed E-state index contributed by atoms with van der Waals surface area (Å²) in [6, 6.07) is 9.18. The molecule has 1 amide bonds. The number of carbonyl (C=O) groups excluding carboxylic acids is 1. The van der Waals surface area contributed by atoms with E-state index in [0.29, 0.717) is 0 Å². The van der Waals surface area contributed by atoms with Crippen LogP contribution in [0, 0.1) is 0 Å². The molecule has 0 spiro atoms. The van der Waals surface area contributed by atoms with Crippen LogP contribution in [0.2, 0.25) is 0 Å². The second kappa shape index (κ2) is 5.09. The van der Waals surface area contributed by atoms with Gasteiger partial charge < -0.3 is 4.74 Å². The molecule has 1 aromatic carbocycles. The number of benzene rings is 1. The Kier molecular flexibility index (Phi) is 4.03. The number of nitrogens with zero attached hydrogens (tertiary/aromatic N) is 1. The summed E-state index contributed by atoms with van der Waals surface area (Å²) >= 11 is 0. The van der Waals surface area contributed by atoms with Crippen molar-refractivity contribution in [1.82, 2.24) is 0 Å². The molecule has 2 atom stereocenters. The van der Waals surface area contributed by atoms with Gasteiger partial charge in [0.2, 0.25) is 0 Å². The minimum atomic E-state index is -2.95. The number of carbonyl (C=O) groups is 1. The van der Waals surface area contributed by atoms with Gasteiger partial charge in [0.1, 0.15) is 16.0 Å². The lowest BCUT2D eigenvalue weighted by Crippen LogP contribution is -2.13. The van der Waals surface area contributed by atoms with E-state index in [1.165, 1.54) is 6.26 Å². The predicted molar refractivity (Wildman–Crippen MR) is 62.0 cm³/mol. The molecule has 0 aliphatic heterocycles. The second-order valence-corrected chi connectivity index (χ2v) is 5.29. The maximum Gasteiger partial charge on any atom is 0.443 e. The largest absolute Gasteiger partial charge is 0.443 e. The Morgan fingerprint density at radius 2 is 2.00 bits per heavy atom. The minimum absolute atomic E-state index is 0.445. The van der Waals surface area contributed by atoms with Crippen LogP contribution in [0.25, 0.3) is 0 Å². The number of rotatable bonds is 2. The van der Waals surface area contributed by atoms with Crippen LogP contribution >= 0.6 is 0 Å². The Morgan fingerprint density at radius 3 is 2.50 bits per heavy atom. The van der Waals surface area contributed by atoms with E-state index in [-0.39, 0.29) is 0 Å². The molecular formula is C10H14N2O3S. The van der Waals surface area contributed by atoms with Crippen LogP contribution in [0.3, 0.4) is 0 Å². The first-order valence-corrected chi connectivity index (χ1v) is 6.62. The lowest BCUT2D eigenvalue weighted by molar-refractivity contribution is 0.117. The van der Waals surface area contributed by atoms with Crippen molar-refractivity contribution in [3.8, 4) is 0 Å². The zero-order valence-corrected chi connectivity index (χ0v) is 9.94. The SMILES string of the molecule is C[C@@H](OC(=O)N=[S@@](C)(N)=O)c1ccccc1. The number of hydrogen-bond acceptors (Lipinski definition) is 3. The fourth-order valence-electron chi connectivity index (χ4n) is 1.11. The summed E-state index contributed by atoms with van der Waals surface area (Å²) < 4.78 is 19.2. The fraction of sp³-hybridized carbons (Fsp3) is 0.300. The summed E-state index contributed by atoms with van der Waals surface area (Å²) in [4.78, 5) is 11.2. The first kappa shape index (κ1) is 12.7. The maximum absolute atomic E-state index is 11.2. The molecule has 0 heterocycles. The van der Waals surface area contributed by atoms with Crippen LogP contribution in [-0.4, -0.2) is 16.6 Å². The molecule has 16 heavy (non-hydrogen) atoms. The molecule has 0 saturated carbocycles. The Morgan fingerprint density at radius 1 is 1.44 bits per heavy atom. The van der Waals surface area contributed by atoms with Crippen molar-refractivity contribution >= 4 is 16.0 Å². The van der Waals surface area contributed by atoms with Crippen LogP contribution in [0.5, 0.6) is 0 Å². The molecule has 0 fully saturated rings. The van der Waals surface area contributed by atoms with Gasteiger partial charge in [0.15, 0.2) is 0 Å². The molecule has 2 N–H and O–H groups in total. The third-order valence-electron chi connectivity index (χ3n) is 1.80. The van der Waals surface area contributed by atoms with E-state index in [0.717, 1.165) is 5.56 Å². The zero-order valence-electron chi connectivity index (χ0n) is 9.12. The Hall–Kier alpha value is -1.40. The lowest BCUT2D eigenvalue weighted by atomic mass is 10.1. The average molecular weight is 242 g/mol. The number of hydrogen-bond donors (Lipinski definition) is 1. The van der Waals surface area contributed by atoms with Gasteiger partial charge in [-0.25, -0.2) is 14.1 Å². The van der Waals surface area contributed by atoms with E-state index in [1.807, 2.05) is 30.3 Å². The molecule has 88 valence electrons. The van der Waals surface area contributed by atoms with Crippen LogP contribution in [0.4, 0.5) is 4.79 Å². The van der Waals surface area contributed by atoms with Gasteiger partial charge in [-0.05, 0) is 12.5 Å². The first-order valence-electron chi connectivity index (χ1n) is 4.64. The Balaban J connectivity index is 2.70. The van der Waals surface area contributed by atoms with Gasteiger partial charge in [-0.3, -0.25) is 0 Å². The van der Waals surface area contributed by atoms with Crippen molar-refractivity contribution in [3.05, 3.63) is 35.9 Å². The second-order valence-electron chi connectivity index (χ2n) is 3.39. The maximum atomic E-state index is 11.2. The molecular weight excluding hydrogens is 228 g/mol. The van der Waals surface area contributed by atoms with E-state index in [9.17, 15) is 9.00 Å². The Labute approximate surface area is 94.9 Å². The van der Waals surface area contributed by atoms with Crippen molar-refractivity contribution in [2.45, 2.75) is 13.0 Å². The molecule has 5 nitrogen and oxygen atoms in total. The van der Waals surface area contributed by atoms with E-state index < -0.39 is 22.1 Å². The van der Waals surface area contributed by atoms with Gasteiger partial charge in [-0.1, -0.05) is 30.3 Å². The van der Waals surface area contributed by atoms with Crippen molar-refractivity contribution in [2.75, 3.05) is 6.26 Å².